The average Bonchev–Trinajstić information content (AvgIpc) is 2.98. The van der Waals surface area contributed by atoms with Gasteiger partial charge in [-0.3, -0.25) is 4.79 Å². The zero-order valence-corrected chi connectivity index (χ0v) is 12.3. The SMILES string of the molecule is O=C(NC1CCCC1)c1cc2cc(CCl)ccc2oc1=O. The zero-order chi connectivity index (χ0) is 14.8. The highest BCUT2D eigenvalue weighted by Crippen LogP contribution is 2.19. The first-order chi connectivity index (χ1) is 10.2. The fourth-order valence-electron chi connectivity index (χ4n) is 2.75. The van der Waals surface area contributed by atoms with Crippen molar-refractivity contribution in [2.75, 3.05) is 0 Å². The highest BCUT2D eigenvalue weighted by molar-refractivity contribution is 6.17. The van der Waals surface area contributed by atoms with Gasteiger partial charge in [0.2, 0.25) is 0 Å². The van der Waals surface area contributed by atoms with E-state index in [1.807, 2.05) is 6.07 Å². The molecule has 0 bridgehead atoms. The molecule has 0 aliphatic heterocycles. The lowest BCUT2D eigenvalue weighted by Crippen LogP contribution is -2.35. The van der Waals surface area contributed by atoms with E-state index in [2.05, 4.69) is 5.32 Å². The maximum Gasteiger partial charge on any atom is 0.349 e. The van der Waals surface area contributed by atoms with Crippen molar-refractivity contribution in [3.63, 3.8) is 0 Å². The largest absolute Gasteiger partial charge is 0.422 e. The lowest BCUT2D eigenvalue weighted by molar-refractivity contribution is 0.0934. The molecule has 1 heterocycles. The van der Waals surface area contributed by atoms with Crippen molar-refractivity contribution in [1.29, 1.82) is 0 Å². The Morgan fingerprint density at radius 1 is 1.29 bits per heavy atom. The summed E-state index contributed by atoms with van der Waals surface area (Å²) in [6, 6.07) is 7.09. The normalized spacial score (nSPS) is 15.5. The average molecular weight is 306 g/mol. The lowest BCUT2D eigenvalue weighted by Gasteiger charge is -2.11. The van der Waals surface area contributed by atoms with Crippen LogP contribution in [0.3, 0.4) is 0 Å². The van der Waals surface area contributed by atoms with Crippen LogP contribution in [0.2, 0.25) is 0 Å². The molecule has 0 unspecified atom stereocenters. The van der Waals surface area contributed by atoms with E-state index < -0.39 is 5.63 Å². The number of hydrogen-bond donors (Lipinski definition) is 1. The smallest absolute Gasteiger partial charge is 0.349 e. The van der Waals surface area contributed by atoms with Crippen LogP contribution in [0, 0.1) is 0 Å². The molecule has 1 saturated carbocycles. The highest BCUT2D eigenvalue weighted by atomic mass is 35.5. The van der Waals surface area contributed by atoms with Gasteiger partial charge in [-0.2, -0.15) is 0 Å². The Balaban J connectivity index is 1.94. The number of benzene rings is 1. The van der Waals surface area contributed by atoms with Crippen LogP contribution < -0.4 is 10.9 Å². The van der Waals surface area contributed by atoms with Crippen LogP contribution in [0.15, 0.2) is 33.5 Å². The summed E-state index contributed by atoms with van der Waals surface area (Å²) in [6.45, 7) is 0. The van der Waals surface area contributed by atoms with E-state index in [1.54, 1.807) is 18.2 Å². The van der Waals surface area contributed by atoms with Crippen LogP contribution in [-0.4, -0.2) is 11.9 Å². The Kier molecular flexibility index (Phi) is 3.97. The van der Waals surface area contributed by atoms with Gasteiger partial charge in [0, 0.05) is 17.3 Å². The van der Waals surface area contributed by atoms with Crippen LogP contribution in [-0.2, 0) is 5.88 Å². The first-order valence-electron chi connectivity index (χ1n) is 7.11. The monoisotopic (exact) mass is 305 g/mol. The van der Waals surface area contributed by atoms with Gasteiger partial charge in [0.25, 0.3) is 5.91 Å². The van der Waals surface area contributed by atoms with Gasteiger partial charge < -0.3 is 9.73 Å². The Labute approximate surface area is 127 Å². The van der Waals surface area contributed by atoms with Crippen molar-refractivity contribution >= 4 is 28.5 Å². The molecule has 1 N–H and O–H groups in total. The summed E-state index contributed by atoms with van der Waals surface area (Å²) >= 11 is 5.80. The number of hydrogen-bond acceptors (Lipinski definition) is 3. The Bertz CT molecular complexity index is 732. The summed E-state index contributed by atoms with van der Waals surface area (Å²) in [4.78, 5) is 24.2. The fraction of sp³-hybridized carbons (Fsp3) is 0.375. The summed E-state index contributed by atoms with van der Waals surface area (Å²) in [5.41, 5.74) is 0.837. The third-order valence-corrected chi connectivity index (χ3v) is 4.19. The summed E-state index contributed by atoms with van der Waals surface area (Å²) in [5.74, 6) is 0.0207. The first-order valence-corrected chi connectivity index (χ1v) is 7.64. The predicted molar refractivity (Wildman–Crippen MR) is 81.8 cm³/mol. The first kappa shape index (κ1) is 14.1. The van der Waals surface area contributed by atoms with E-state index in [0.717, 1.165) is 31.2 Å². The molecular formula is C16H16ClNO3. The van der Waals surface area contributed by atoms with Crippen molar-refractivity contribution in [3.8, 4) is 0 Å². The molecule has 0 spiro atoms. The summed E-state index contributed by atoms with van der Waals surface area (Å²) in [5, 5.41) is 3.62. The summed E-state index contributed by atoms with van der Waals surface area (Å²) in [6.07, 6.45) is 4.19. The molecule has 1 aliphatic carbocycles. The van der Waals surface area contributed by atoms with Crippen LogP contribution in [0.5, 0.6) is 0 Å². The number of halogens is 1. The third-order valence-electron chi connectivity index (χ3n) is 3.89. The molecule has 4 nitrogen and oxygen atoms in total. The molecule has 0 atom stereocenters. The van der Waals surface area contributed by atoms with Gasteiger partial charge in [-0.25, -0.2) is 4.79 Å². The minimum atomic E-state index is -0.600. The predicted octanol–water partition coefficient (Wildman–Crippen LogP) is 3.20. The van der Waals surface area contributed by atoms with Crippen molar-refractivity contribution < 1.29 is 9.21 Å². The molecule has 0 radical (unpaired) electrons. The second-order valence-electron chi connectivity index (χ2n) is 5.41. The van der Waals surface area contributed by atoms with Crippen molar-refractivity contribution in [2.24, 2.45) is 0 Å². The number of fused-ring (bicyclic) bond motifs is 1. The van der Waals surface area contributed by atoms with E-state index in [4.69, 9.17) is 16.0 Å². The van der Waals surface area contributed by atoms with E-state index in [1.165, 1.54) is 0 Å². The van der Waals surface area contributed by atoms with Crippen LogP contribution >= 0.6 is 11.6 Å². The quantitative estimate of drug-likeness (QED) is 0.700. The molecule has 1 aliphatic rings. The number of amides is 1. The van der Waals surface area contributed by atoms with E-state index in [-0.39, 0.29) is 17.5 Å². The molecule has 2 aromatic rings. The van der Waals surface area contributed by atoms with Gasteiger partial charge >= 0.3 is 5.63 Å². The lowest BCUT2D eigenvalue weighted by atomic mass is 10.1. The van der Waals surface area contributed by atoms with Gasteiger partial charge in [-0.05, 0) is 36.6 Å². The van der Waals surface area contributed by atoms with Crippen molar-refractivity contribution in [2.45, 2.75) is 37.6 Å². The van der Waals surface area contributed by atoms with E-state index >= 15 is 0 Å². The fourth-order valence-corrected chi connectivity index (χ4v) is 2.91. The molecule has 110 valence electrons. The Morgan fingerprint density at radius 2 is 2.05 bits per heavy atom. The van der Waals surface area contributed by atoms with Crippen LogP contribution in [0.4, 0.5) is 0 Å². The molecule has 1 fully saturated rings. The number of carbonyl (C=O) groups excluding carboxylic acids is 1. The van der Waals surface area contributed by atoms with Crippen molar-refractivity contribution in [1.82, 2.24) is 5.32 Å². The van der Waals surface area contributed by atoms with Crippen molar-refractivity contribution in [3.05, 3.63) is 45.8 Å². The Morgan fingerprint density at radius 3 is 2.76 bits per heavy atom. The summed E-state index contributed by atoms with van der Waals surface area (Å²) < 4.78 is 5.22. The van der Waals surface area contributed by atoms with Gasteiger partial charge in [0.1, 0.15) is 11.1 Å². The molecule has 0 saturated heterocycles. The van der Waals surface area contributed by atoms with Gasteiger partial charge in [-0.15, -0.1) is 11.6 Å². The molecule has 5 heteroatoms. The molecule has 1 aromatic carbocycles. The minimum absolute atomic E-state index is 0.0566. The van der Waals surface area contributed by atoms with E-state index in [0.29, 0.717) is 16.8 Å². The zero-order valence-electron chi connectivity index (χ0n) is 11.5. The molecular weight excluding hydrogens is 290 g/mol. The minimum Gasteiger partial charge on any atom is -0.422 e. The van der Waals surface area contributed by atoms with Gasteiger partial charge in [0.05, 0.1) is 0 Å². The third kappa shape index (κ3) is 2.95. The van der Waals surface area contributed by atoms with Crippen LogP contribution in [0.1, 0.15) is 41.6 Å². The van der Waals surface area contributed by atoms with Crippen LogP contribution in [0.25, 0.3) is 11.0 Å². The number of rotatable bonds is 3. The standard InChI is InChI=1S/C16H16ClNO3/c17-9-10-5-6-14-11(7-10)8-13(16(20)21-14)15(19)18-12-3-1-2-4-12/h5-8,12H,1-4,9H2,(H,18,19). The second kappa shape index (κ2) is 5.90. The maximum atomic E-state index is 12.2. The second-order valence-corrected chi connectivity index (χ2v) is 5.68. The van der Waals surface area contributed by atoms with Gasteiger partial charge in [-0.1, -0.05) is 18.9 Å². The Hall–Kier alpha value is -1.81. The van der Waals surface area contributed by atoms with Gasteiger partial charge in [0.15, 0.2) is 0 Å². The topological polar surface area (TPSA) is 59.3 Å². The molecule has 21 heavy (non-hydrogen) atoms. The molecule has 3 rings (SSSR count). The summed E-state index contributed by atoms with van der Waals surface area (Å²) in [7, 11) is 0. The maximum absolute atomic E-state index is 12.2. The molecule has 1 amide bonds. The molecule has 1 aromatic heterocycles. The highest BCUT2D eigenvalue weighted by Gasteiger charge is 2.20. The number of nitrogens with one attached hydrogen (secondary N) is 1. The number of carbonyl (C=O) groups is 1. The number of alkyl halides is 1. The van der Waals surface area contributed by atoms with E-state index in [9.17, 15) is 9.59 Å².